The Morgan fingerprint density at radius 2 is 1.81 bits per heavy atom. The van der Waals surface area contributed by atoms with Gasteiger partial charge < -0.3 is 21.7 Å². The zero-order valence-corrected chi connectivity index (χ0v) is 19.5. The monoisotopic (exact) mass is 455 g/mol. The molecule has 11 nitrogen and oxygen atoms in total. The van der Waals surface area contributed by atoms with Crippen LogP contribution >= 0.6 is 0 Å². The zero-order valence-electron chi connectivity index (χ0n) is 18.7. The van der Waals surface area contributed by atoms with Gasteiger partial charge in [-0.1, -0.05) is 12.1 Å². The van der Waals surface area contributed by atoms with Gasteiger partial charge in [-0.3, -0.25) is 9.45 Å². The average Bonchev–Trinajstić information content (AvgIpc) is 2.66. The van der Waals surface area contributed by atoms with Crippen LogP contribution in [0.4, 0.5) is 10.5 Å². The molecule has 1 aromatic rings. The lowest BCUT2D eigenvalue weighted by atomic mass is 10.1. The maximum atomic E-state index is 12.1. The summed E-state index contributed by atoms with van der Waals surface area (Å²) in [6, 6.07) is 7.68. The van der Waals surface area contributed by atoms with Crippen LogP contribution in [-0.2, 0) is 16.7 Å². The van der Waals surface area contributed by atoms with E-state index in [1.807, 2.05) is 56.9 Å². The van der Waals surface area contributed by atoms with E-state index in [9.17, 15) is 13.2 Å². The third-order valence-corrected chi connectivity index (χ3v) is 5.15. The molecule has 0 bridgehead atoms. The highest BCUT2D eigenvalue weighted by molar-refractivity contribution is 7.85. The Kier molecular flexibility index (Phi) is 9.25. The molecule has 12 heteroatoms. The second kappa shape index (κ2) is 11.0. The van der Waals surface area contributed by atoms with Gasteiger partial charge in [-0.05, 0) is 52.3 Å². The Hall–Kier alpha value is -2.86. The van der Waals surface area contributed by atoms with Gasteiger partial charge >= 0.3 is 6.03 Å². The van der Waals surface area contributed by atoms with E-state index in [-0.39, 0.29) is 17.7 Å². The summed E-state index contributed by atoms with van der Waals surface area (Å²) in [4.78, 5) is 24.1. The zero-order chi connectivity index (χ0) is 23.8. The lowest BCUT2D eigenvalue weighted by molar-refractivity contribution is 0.203. The molecular weight excluding hydrogens is 422 g/mol. The van der Waals surface area contributed by atoms with Gasteiger partial charge in [-0.15, -0.1) is 0 Å². The Morgan fingerprint density at radius 1 is 1.23 bits per heavy atom. The van der Waals surface area contributed by atoms with Crippen molar-refractivity contribution < 1.29 is 17.8 Å². The van der Waals surface area contributed by atoms with Crippen LogP contribution in [0, 0.1) is 0 Å². The number of benzene rings is 1. The van der Waals surface area contributed by atoms with Crippen molar-refractivity contribution in [2.24, 2.45) is 21.5 Å². The highest BCUT2D eigenvalue weighted by Gasteiger charge is 2.33. The summed E-state index contributed by atoms with van der Waals surface area (Å²) < 4.78 is 26.9. The van der Waals surface area contributed by atoms with Crippen molar-refractivity contribution in [2.75, 3.05) is 23.7 Å². The number of amides is 2. The molecule has 6 N–H and O–H groups in total. The molecule has 1 aliphatic rings. The van der Waals surface area contributed by atoms with Crippen LogP contribution in [-0.4, -0.2) is 60.3 Å². The fourth-order valence-corrected chi connectivity index (χ4v) is 2.86. The third-order valence-electron chi connectivity index (χ3n) is 4.42. The van der Waals surface area contributed by atoms with Gasteiger partial charge in [0.2, 0.25) is 11.9 Å². The number of anilines is 1. The number of aliphatic imine (C=N–C) groups is 2. The van der Waals surface area contributed by atoms with Crippen LogP contribution in [0.15, 0.2) is 34.3 Å². The number of hydrogen-bond acceptors (Lipinski definition) is 8. The molecule has 2 rings (SSSR count). The number of nitrogens with two attached hydrogens (primary N) is 2. The number of carbonyl (C=O) groups is 1. The predicted molar refractivity (Wildman–Crippen MR) is 123 cm³/mol. The minimum Gasteiger partial charge on any atom is -0.369 e. The second-order valence-corrected chi connectivity index (χ2v) is 8.88. The number of carbonyl (C=O) groups excluding carboxylic acids is 1. The molecule has 0 atom stereocenters. The topological polar surface area (TPSA) is 167 Å². The van der Waals surface area contributed by atoms with Gasteiger partial charge in [0, 0.05) is 25.3 Å². The lowest BCUT2D eigenvalue weighted by Crippen LogP contribution is -2.54. The fourth-order valence-electron chi connectivity index (χ4n) is 2.86. The number of guanidine groups is 2. The van der Waals surface area contributed by atoms with Gasteiger partial charge in [-0.25, -0.2) is 9.79 Å². The van der Waals surface area contributed by atoms with E-state index >= 15 is 0 Å². The summed E-state index contributed by atoms with van der Waals surface area (Å²) in [5, 5.41) is 2.93. The fraction of sp³-hybridized carbons (Fsp3) is 0.526. The lowest BCUT2D eigenvalue weighted by Gasteiger charge is -2.38. The van der Waals surface area contributed by atoms with Crippen molar-refractivity contribution in [3.05, 3.63) is 29.8 Å². The Balaban J connectivity index is 0.000000703. The van der Waals surface area contributed by atoms with E-state index in [0.717, 1.165) is 11.3 Å². The molecule has 1 aromatic carbocycles. The predicted octanol–water partition coefficient (Wildman–Crippen LogP) is 1.32. The first-order valence-corrected chi connectivity index (χ1v) is 11.5. The SMILES string of the molecule is CCN(CC)C(=O)NCc1cccc(N2C(N)=NC(N)=NC2(C)C)c1.CCS(=O)(=O)O. The van der Waals surface area contributed by atoms with E-state index < -0.39 is 15.8 Å². The van der Waals surface area contributed by atoms with Gasteiger partial charge in [-0.2, -0.15) is 13.4 Å². The van der Waals surface area contributed by atoms with E-state index in [1.165, 1.54) is 6.92 Å². The molecule has 2 amide bonds. The largest absolute Gasteiger partial charge is 0.369 e. The first-order chi connectivity index (χ1) is 14.3. The smallest absolute Gasteiger partial charge is 0.317 e. The van der Waals surface area contributed by atoms with Gasteiger partial charge in [0.15, 0.2) is 0 Å². The molecular formula is C19H33N7O4S. The standard InChI is InChI=1S/C17H27N7O.C2H6O3S/c1-5-23(6-2)16(25)20-11-12-8-7-9-13(10-12)24-15(19)21-14(18)22-17(24,3)4;1-2-6(3,4)5/h7-10H,5-6,11H2,1-4H3,(H,20,25)(H4,18,19,21,22);2H2,1H3,(H,3,4,5). The molecule has 0 saturated carbocycles. The van der Waals surface area contributed by atoms with Gasteiger partial charge in [0.1, 0.15) is 5.66 Å². The molecule has 0 unspecified atom stereocenters. The molecule has 0 aliphatic carbocycles. The number of nitrogens with one attached hydrogen (secondary N) is 1. The normalized spacial score (nSPS) is 15.2. The van der Waals surface area contributed by atoms with Crippen LogP contribution in [0.1, 0.15) is 40.2 Å². The number of urea groups is 1. The minimum atomic E-state index is -3.66. The summed E-state index contributed by atoms with van der Waals surface area (Å²) >= 11 is 0. The van der Waals surface area contributed by atoms with Gasteiger partial charge in [0.25, 0.3) is 10.1 Å². The first kappa shape index (κ1) is 26.2. The molecule has 0 spiro atoms. The Morgan fingerprint density at radius 3 is 2.29 bits per heavy atom. The highest BCUT2D eigenvalue weighted by Crippen LogP contribution is 2.27. The number of nitrogens with zero attached hydrogens (tertiary/aromatic N) is 4. The highest BCUT2D eigenvalue weighted by atomic mass is 32.2. The summed E-state index contributed by atoms with van der Waals surface area (Å²) in [6.07, 6.45) is 0. The van der Waals surface area contributed by atoms with Crippen molar-refractivity contribution in [3.8, 4) is 0 Å². The molecule has 0 radical (unpaired) electrons. The minimum absolute atomic E-state index is 0.0767. The Bertz CT molecular complexity index is 925. The van der Waals surface area contributed by atoms with Crippen molar-refractivity contribution in [1.82, 2.24) is 10.2 Å². The molecule has 0 saturated heterocycles. The molecule has 1 aliphatic heterocycles. The maximum absolute atomic E-state index is 12.1. The van der Waals surface area contributed by atoms with Crippen LogP contribution in [0.2, 0.25) is 0 Å². The molecule has 0 fully saturated rings. The number of hydrogen-bond donors (Lipinski definition) is 4. The van der Waals surface area contributed by atoms with E-state index in [1.54, 1.807) is 4.90 Å². The summed E-state index contributed by atoms with van der Waals surface area (Å²) in [7, 11) is -3.66. The first-order valence-electron chi connectivity index (χ1n) is 9.91. The molecule has 174 valence electrons. The molecule has 1 heterocycles. The van der Waals surface area contributed by atoms with Crippen LogP contribution < -0.4 is 21.7 Å². The second-order valence-electron chi connectivity index (χ2n) is 7.14. The van der Waals surface area contributed by atoms with Crippen LogP contribution in [0.3, 0.4) is 0 Å². The Labute approximate surface area is 184 Å². The van der Waals surface area contributed by atoms with Crippen molar-refractivity contribution in [3.63, 3.8) is 0 Å². The quantitative estimate of drug-likeness (QED) is 0.469. The number of rotatable bonds is 6. The summed E-state index contributed by atoms with van der Waals surface area (Å²) in [6.45, 7) is 10.9. The van der Waals surface area contributed by atoms with E-state index in [2.05, 4.69) is 15.3 Å². The van der Waals surface area contributed by atoms with Crippen molar-refractivity contribution >= 4 is 33.8 Å². The molecule has 0 aromatic heterocycles. The third kappa shape index (κ3) is 8.06. The van der Waals surface area contributed by atoms with E-state index in [0.29, 0.717) is 25.6 Å². The molecule has 31 heavy (non-hydrogen) atoms. The van der Waals surface area contributed by atoms with Crippen LogP contribution in [0.25, 0.3) is 0 Å². The average molecular weight is 456 g/mol. The van der Waals surface area contributed by atoms with Gasteiger partial charge in [0.05, 0.1) is 5.75 Å². The summed E-state index contributed by atoms with van der Waals surface area (Å²) in [5.74, 6) is 0.260. The van der Waals surface area contributed by atoms with Crippen LogP contribution in [0.5, 0.6) is 0 Å². The van der Waals surface area contributed by atoms with E-state index in [4.69, 9.17) is 16.0 Å². The van der Waals surface area contributed by atoms with Crippen molar-refractivity contribution in [1.29, 1.82) is 0 Å². The van der Waals surface area contributed by atoms with Crippen molar-refractivity contribution in [2.45, 2.75) is 46.8 Å². The maximum Gasteiger partial charge on any atom is 0.317 e. The summed E-state index contributed by atoms with van der Waals surface area (Å²) in [5.41, 5.74) is 12.9.